The van der Waals surface area contributed by atoms with Gasteiger partial charge in [0.05, 0.1) is 17.6 Å². The molecule has 34 heavy (non-hydrogen) atoms. The van der Waals surface area contributed by atoms with Crippen LogP contribution in [0.4, 0.5) is 0 Å². The highest BCUT2D eigenvalue weighted by Crippen LogP contribution is 2.37. The smallest absolute Gasteiger partial charge is 0.326 e. The van der Waals surface area contributed by atoms with Crippen molar-refractivity contribution in [2.75, 3.05) is 19.7 Å². The first kappa shape index (κ1) is 24.7. The van der Waals surface area contributed by atoms with Crippen molar-refractivity contribution in [3.63, 3.8) is 0 Å². The summed E-state index contributed by atoms with van der Waals surface area (Å²) in [5.74, 6) is -0.0579. The molecule has 1 aromatic carbocycles. The van der Waals surface area contributed by atoms with Gasteiger partial charge in [-0.05, 0) is 44.2 Å². The van der Waals surface area contributed by atoms with Crippen LogP contribution in [-0.2, 0) is 16.6 Å². The first-order valence-corrected chi connectivity index (χ1v) is 13.1. The summed E-state index contributed by atoms with van der Waals surface area (Å²) < 4.78 is 8.96. The molecule has 0 unspecified atom stereocenters. The molecule has 186 valence electrons. The normalized spacial score (nSPS) is 20.1. The van der Waals surface area contributed by atoms with E-state index in [9.17, 15) is 14.4 Å². The zero-order chi connectivity index (χ0) is 24.1. The summed E-state index contributed by atoms with van der Waals surface area (Å²) >= 11 is 0. The van der Waals surface area contributed by atoms with E-state index in [1.54, 1.807) is 11.6 Å². The Balaban J connectivity index is 1.59. The van der Waals surface area contributed by atoms with Crippen molar-refractivity contribution in [1.29, 1.82) is 0 Å². The number of aryl methyl sites for hydroxylation is 1. The molecule has 0 N–H and O–H groups in total. The molecular formula is C27H39N3O4. The lowest BCUT2D eigenvalue weighted by Gasteiger charge is -2.46. The van der Waals surface area contributed by atoms with E-state index >= 15 is 0 Å². The predicted molar refractivity (Wildman–Crippen MR) is 134 cm³/mol. The van der Waals surface area contributed by atoms with Crippen LogP contribution in [0, 0.1) is 0 Å². The number of ether oxygens (including phenoxy) is 1. The Morgan fingerprint density at radius 3 is 2.24 bits per heavy atom. The van der Waals surface area contributed by atoms with Gasteiger partial charge in [0.1, 0.15) is 5.54 Å². The maximum Gasteiger partial charge on any atom is 0.326 e. The molecule has 1 aliphatic heterocycles. The number of hydrogen-bond acceptors (Lipinski definition) is 5. The minimum atomic E-state index is -0.557. The lowest BCUT2D eigenvalue weighted by Crippen LogP contribution is -2.58. The van der Waals surface area contributed by atoms with Gasteiger partial charge < -0.3 is 9.30 Å². The molecule has 1 aliphatic carbocycles. The predicted octanol–water partition coefficient (Wildman–Crippen LogP) is 4.16. The zero-order valence-corrected chi connectivity index (χ0v) is 20.8. The van der Waals surface area contributed by atoms with Gasteiger partial charge in [-0.3, -0.25) is 23.9 Å². The highest BCUT2D eigenvalue weighted by Gasteiger charge is 2.46. The second-order valence-electron chi connectivity index (χ2n) is 10.0. The van der Waals surface area contributed by atoms with E-state index in [0.717, 1.165) is 88.3 Å². The van der Waals surface area contributed by atoms with Crippen molar-refractivity contribution in [2.45, 2.75) is 89.1 Å². The monoisotopic (exact) mass is 469 g/mol. The molecule has 0 atom stereocenters. The van der Waals surface area contributed by atoms with E-state index in [0.29, 0.717) is 6.61 Å². The van der Waals surface area contributed by atoms with Crippen molar-refractivity contribution in [1.82, 2.24) is 14.0 Å². The maximum absolute atomic E-state index is 13.5. The number of nitrogens with zero attached hydrogens (tertiary/aromatic N) is 3. The van der Waals surface area contributed by atoms with Crippen molar-refractivity contribution in [3.05, 3.63) is 45.0 Å². The molecule has 0 radical (unpaired) electrons. The third kappa shape index (κ3) is 4.72. The van der Waals surface area contributed by atoms with Gasteiger partial charge in [-0.15, -0.1) is 0 Å². The SMILES string of the molecule is CCCCOC(=O)C1(N2CCC(n3c(=O)c(=O)n(C)c4ccccc43)CC2)CCCCCCC1. The molecule has 7 nitrogen and oxygen atoms in total. The number of esters is 1. The minimum absolute atomic E-state index is 0.0516. The molecule has 1 aromatic heterocycles. The summed E-state index contributed by atoms with van der Waals surface area (Å²) in [5.41, 5.74) is 0.0635. The van der Waals surface area contributed by atoms with Gasteiger partial charge in [-0.2, -0.15) is 0 Å². The molecule has 4 rings (SSSR count). The summed E-state index contributed by atoms with van der Waals surface area (Å²) in [6.45, 7) is 4.04. The third-order valence-corrected chi connectivity index (χ3v) is 7.94. The van der Waals surface area contributed by atoms with E-state index in [1.807, 2.05) is 24.3 Å². The van der Waals surface area contributed by atoms with Gasteiger partial charge >= 0.3 is 17.1 Å². The molecule has 1 saturated carbocycles. The quantitative estimate of drug-likeness (QED) is 0.361. The standard InChI is InChI=1S/C27H39N3O4/c1-3-4-20-34-26(33)27(16-10-6-5-7-11-17-27)29-18-14-21(15-19-29)30-23-13-9-8-12-22(23)28(2)24(31)25(30)32/h8-9,12-13,21H,3-7,10-11,14-20H2,1-2H3. The van der Waals surface area contributed by atoms with Gasteiger partial charge in [0.25, 0.3) is 0 Å². The minimum Gasteiger partial charge on any atom is -0.464 e. The van der Waals surface area contributed by atoms with Crippen LogP contribution in [0.25, 0.3) is 11.0 Å². The van der Waals surface area contributed by atoms with Crippen molar-refractivity contribution in [2.24, 2.45) is 7.05 Å². The highest BCUT2D eigenvalue weighted by atomic mass is 16.5. The Bertz CT molecular complexity index is 1100. The maximum atomic E-state index is 13.5. The Kier molecular flexibility index (Phi) is 7.91. The van der Waals surface area contributed by atoms with Crippen LogP contribution in [0.5, 0.6) is 0 Å². The Labute approximate surface area is 201 Å². The number of carbonyl (C=O) groups excluding carboxylic acids is 1. The molecule has 2 aromatic rings. The number of hydrogen-bond donors (Lipinski definition) is 0. The first-order chi connectivity index (χ1) is 16.5. The van der Waals surface area contributed by atoms with Gasteiger partial charge in [-0.1, -0.05) is 57.6 Å². The van der Waals surface area contributed by atoms with Crippen LogP contribution in [0.1, 0.15) is 83.6 Å². The van der Waals surface area contributed by atoms with Gasteiger partial charge in [0, 0.05) is 26.2 Å². The molecule has 7 heteroatoms. The molecule has 2 aliphatic rings. The van der Waals surface area contributed by atoms with Crippen molar-refractivity contribution >= 4 is 17.0 Å². The molecule has 2 fully saturated rings. The Morgan fingerprint density at radius 2 is 1.59 bits per heavy atom. The van der Waals surface area contributed by atoms with Crippen molar-refractivity contribution in [3.8, 4) is 0 Å². The van der Waals surface area contributed by atoms with Gasteiger partial charge in [0.2, 0.25) is 0 Å². The van der Waals surface area contributed by atoms with Crippen LogP contribution in [0.2, 0.25) is 0 Å². The lowest BCUT2D eigenvalue weighted by atomic mass is 9.81. The van der Waals surface area contributed by atoms with E-state index < -0.39 is 16.7 Å². The first-order valence-electron chi connectivity index (χ1n) is 13.1. The van der Waals surface area contributed by atoms with E-state index in [2.05, 4.69) is 11.8 Å². The fourth-order valence-electron chi connectivity index (χ4n) is 5.91. The number of aromatic nitrogens is 2. The van der Waals surface area contributed by atoms with Crippen LogP contribution in [-0.4, -0.2) is 45.2 Å². The molecule has 1 saturated heterocycles. The Hall–Kier alpha value is -2.41. The number of likely N-dealkylation sites (tertiary alicyclic amines) is 1. The number of piperidine rings is 1. The average Bonchev–Trinajstić information content (AvgIpc) is 2.84. The fraction of sp³-hybridized carbons (Fsp3) is 0.667. The van der Waals surface area contributed by atoms with E-state index in [4.69, 9.17) is 4.74 Å². The molecule has 0 amide bonds. The molecular weight excluding hydrogens is 430 g/mol. The van der Waals surface area contributed by atoms with Crippen LogP contribution < -0.4 is 11.1 Å². The summed E-state index contributed by atoms with van der Waals surface area (Å²) in [7, 11) is 1.65. The van der Waals surface area contributed by atoms with Crippen molar-refractivity contribution < 1.29 is 9.53 Å². The van der Waals surface area contributed by atoms with E-state index in [-0.39, 0.29) is 12.0 Å². The van der Waals surface area contributed by atoms with Gasteiger partial charge in [0.15, 0.2) is 0 Å². The molecule has 0 bridgehead atoms. The summed E-state index contributed by atoms with van der Waals surface area (Å²) in [4.78, 5) is 41.5. The largest absolute Gasteiger partial charge is 0.464 e. The number of benzene rings is 1. The number of para-hydroxylation sites is 2. The summed E-state index contributed by atoms with van der Waals surface area (Å²) in [6, 6.07) is 7.56. The van der Waals surface area contributed by atoms with E-state index in [1.165, 1.54) is 11.0 Å². The topological polar surface area (TPSA) is 73.5 Å². The Morgan fingerprint density at radius 1 is 0.971 bits per heavy atom. The summed E-state index contributed by atoms with van der Waals surface area (Å²) in [5, 5.41) is 0. The van der Waals surface area contributed by atoms with Crippen LogP contribution in [0.15, 0.2) is 33.9 Å². The second-order valence-corrected chi connectivity index (χ2v) is 10.0. The highest BCUT2D eigenvalue weighted by molar-refractivity contribution is 5.81. The van der Waals surface area contributed by atoms with Crippen LogP contribution >= 0.6 is 0 Å². The number of unbranched alkanes of at least 4 members (excludes halogenated alkanes) is 1. The van der Waals surface area contributed by atoms with Gasteiger partial charge in [-0.25, -0.2) is 0 Å². The second kappa shape index (κ2) is 10.9. The fourth-order valence-corrected chi connectivity index (χ4v) is 5.91. The third-order valence-electron chi connectivity index (χ3n) is 7.94. The van der Waals surface area contributed by atoms with Crippen LogP contribution in [0.3, 0.4) is 0 Å². The number of carbonyl (C=O) groups is 1. The zero-order valence-electron chi connectivity index (χ0n) is 20.8. The molecule has 0 spiro atoms. The lowest BCUT2D eigenvalue weighted by molar-refractivity contribution is -0.162. The average molecular weight is 470 g/mol. The number of fused-ring (bicyclic) bond motifs is 1. The number of rotatable bonds is 6. The summed E-state index contributed by atoms with van der Waals surface area (Å²) in [6.07, 6.45) is 10.7. The molecule has 2 heterocycles.